The number of aromatic nitrogens is 4. The monoisotopic (exact) mass is 818 g/mol. The van der Waals surface area contributed by atoms with E-state index < -0.39 is 33.3 Å². The van der Waals surface area contributed by atoms with Gasteiger partial charge in [0.15, 0.2) is 0 Å². The summed E-state index contributed by atoms with van der Waals surface area (Å²) in [4.78, 5) is 14.8. The van der Waals surface area contributed by atoms with Crippen molar-refractivity contribution < 1.29 is 45.7 Å². The number of nitrogens with two attached hydrogens (primary N) is 1. The average Bonchev–Trinajstić information content (AvgIpc) is 3.78. The minimum Gasteiger partial charge on any atom is -0.531 e. The average molecular weight is 819 g/mol. The Labute approximate surface area is 325 Å². The van der Waals surface area contributed by atoms with Gasteiger partial charge in [-0.25, -0.2) is 31.5 Å². The largest absolute Gasteiger partial charge is 0.552 e. The minimum absolute atomic E-state index is 0.0115. The first-order valence-corrected chi connectivity index (χ1v) is 22.1. The molecule has 4 aliphatic rings. The molecule has 6 heterocycles. The molecule has 0 amide bonds. The second-order valence-corrected chi connectivity index (χ2v) is 18.7. The van der Waals surface area contributed by atoms with Gasteiger partial charge in [0.2, 0.25) is 19.1 Å². The van der Waals surface area contributed by atoms with Crippen LogP contribution in [0.2, 0.25) is 0 Å². The van der Waals surface area contributed by atoms with Crippen LogP contribution in [0.5, 0.6) is 11.5 Å². The Balaban J connectivity index is 0.000000159. The van der Waals surface area contributed by atoms with E-state index in [9.17, 15) is 26.9 Å². The third kappa shape index (κ3) is 10.3. The zero-order valence-corrected chi connectivity index (χ0v) is 32.9. The number of hydrogen-bond donors (Lipinski definition) is 6. The lowest BCUT2D eigenvalue weighted by molar-refractivity contribution is 0.199. The Morgan fingerprint density at radius 3 is 1.76 bits per heavy atom. The molecule has 0 unspecified atom stereocenters. The molecule has 55 heavy (non-hydrogen) atoms. The van der Waals surface area contributed by atoms with Gasteiger partial charge in [0.05, 0.1) is 23.9 Å². The highest BCUT2D eigenvalue weighted by Gasteiger charge is 2.39. The number of nitrogens with one attached hydrogen (secondary N) is 3. The standard InChI is InChI=1S/C17H22BN3O5S.C13H14BN3O2.C4H9ClO3S/c1-25-5-2-6-27(23,24)21-12-7-11(8-12)14-9-18(22)26-15-10-20-17-13(16(14)15)3-4-19-17;15-8-3-7(4-8)10-5-14(18)19-11-6-17-13-9(12(10)11)1-2-16-13;1-8-3-2-4-9(5,6)7/h3-4,9-12,21-22H,2,5-8H2,1H3,(H,19,20);1-2,5-8,18H,3-4,15H2,(H,16,17);2-4H2,1H3. The van der Waals surface area contributed by atoms with Crippen LogP contribution in [0.15, 0.2) is 48.9 Å². The van der Waals surface area contributed by atoms with Crippen LogP contribution in [-0.2, 0) is 28.5 Å². The number of ether oxygens (including phenoxy) is 2. The van der Waals surface area contributed by atoms with Crippen LogP contribution in [-0.4, -0.2) is 112 Å². The number of nitrogens with zero attached hydrogens (tertiary/aromatic N) is 2. The Morgan fingerprint density at radius 2 is 1.31 bits per heavy atom. The van der Waals surface area contributed by atoms with Gasteiger partial charge in [-0.15, -0.1) is 0 Å². The first-order valence-electron chi connectivity index (χ1n) is 18.0. The number of sulfonamides is 1. The van der Waals surface area contributed by atoms with Gasteiger partial charge in [0, 0.05) is 84.5 Å². The maximum Gasteiger partial charge on any atom is 0.552 e. The van der Waals surface area contributed by atoms with Gasteiger partial charge in [0.1, 0.15) is 22.8 Å². The molecule has 2 fully saturated rings. The molecular weight excluding hydrogens is 774 g/mol. The van der Waals surface area contributed by atoms with Crippen molar-refractivity contribution in [2.75, 3.05) is 38.9 Å². The predicted octanol–water partition coefficient (Wildman–Crippen LogP) is 2.78. The van der Waals surface area contributed by atoms with Crippen LogP contribution < -0.4 is 19.8 Å². The van der Waals surface area contributed by atoms with Gasteiger partial charge in [-0.05, 0) is 85.6 Å². The Morgan fingerprint density at radius 1 is 0.836 bits per heavy atom. The van der Waals surface area contributed by atoms with E-state index in [0.717, 1.165) is 57.2 Å². The number of allylic oxidation sites excluding steroid dienone is 2. The molecule has 0 atom stereocenters. The van der Waals surface area contributed by atoms with E-state index in [0.29, 0.717) is 56.3 Å². The summed E-state index contributed by atoms with van der Waals surface area (Å²) in [6, 6.07) is 4.12. The van der Waals surface area contributed by atoms with E-state index in [1.165, 1.54) is 7.11 Å². The normalized spacial score (nSPS) is 21.6. The number of aromatic amines is 2. The number of rotatable bonds is 12. The van der Waals surface area contributed by atoms with Crippen LogP contribution in [0.4, 0.5) is 0 Å². The third-order valence-electron chi connectivity index (χ3n) is 9.86. The molecule has 2 aliphatic heterocycles. The Kier molecular flexibility index (Phi) is 13.3. The summed E-state index contributed by atoms with van der Waals surface area (Å²) >= 11 is 0. The summed E-state index contributed by atoms with van der Waals surface area (Å²) in [7, 11) is -0.560. The van der Waals surface area contributed by atoms with Gasteiger partial charge in [-0.1, -0.05) is 0 Å². The van der Waals surface area contributed by atoms with Crippen LogP contribution in [0, 0.1) is 11.8 Å². The molecule has 0 saturated heterocycles. The highest BCUT2D eigenvalue weighted by Crippen LogP contribution is 2.47. The molecule has 0 radical (unpaired) electrons. The number of pyridine rings is 2. The van der Waals surface area contributed by atoms with Gasteiger partial charge in [0.25, 0.3) is 0 Å². The molecule has 16 nitrogen and oxygen atoms in total. The van der Waals surface area contributed by atoms with Crippen molar-refractivity contribution in [3.8, 4) is 11.5 Å². The number of fused-ring (bicyclic) bond motifs is 6. The van der Waals surface area contributed by atoms with E-state index in [-0.39, 0.29) is 29.5 Å². The van der Waals surface area contributed by atoms with Gasteiger partial charge in [-0.2, -0.15) is 0 Å². The third-order valence-corrected chi connectivity index (χ3v) is 12.6. The zero-order chi connectivity index (χ0) is 39.3. The Hall–Kier alpha value is -3.46. The highest BCUT2D eigenvalue weighted by atomic mass is 35.7. The summed E-state index contributed by atoms with van der Waals surface area (Å²) in [6.07, 6.45) is 11.2. The van der Waals surface area contributed by atoms with Gasteiger partial charge in [-0.3, -0.25) is 0 Å². The van der Waals surface area contributed by atoms with Crippen molar-refractivity contribution >= 4 is 77.2 Å². The van der Waals surface area contributed by atoms with Crippen LogP contribution in [0.3, 0.4) is 0 Å². The van der Waals surface area contributed by atoms with Crippen molar-refractivity contribution in [1.29, 1.82) is 0 Å². The molecule has 7 N–H and O–H groups in total. The van der Waals surface area contributed by atoms with Crippen molar-refractivity contribution in [3.05, 3.63) is 60.0 Å². The van der Waals surface area contributed by atoms with Crippen molar-refractivity contribution in [3.63, 3.8) is 0 Å². The summed E-state index contributed by atoms with van der Waals surface area (Å²) < 4.78 is 67.9. The summed E-state index contributed by atoms with van der Waals surface area (Å²) in [5, 5.41) is 21.8. The van der Waals surface area contributed by atoms with E-state index in [1.54, 1.807) is 31.5 Å². The molecule has 0 spiro atoms. The van der Waals surface area contributed by atoms with Crippen LogP contribution in [0.1, 0.15) is 49.7 Å². The summed E-state index contributed by atoms with van der Waals surface area (Å²) in [5.41, 5.74) is 11.6. The maximum atomic E-state index is 12.1. The zero-order valence-electron chi connectivity index (χ0n) is 30.5. The van der Waals surface area contributed by atoms with Crippen molar-refractivity contribution in [1.82, 2.24) is 24.7 Å². The van der Waals surface area contributed by atoms with Crippen LogP contribution in [0.25, 0.3) is 33.2 Å². The summed E-state index contributed by atoms with van der Waals surface area (Å²) in [6.45, 7) is 0.864. The first kappa shape index (κ1) is 41.2. The van der Waals surface area contributed by atoms with E-state index in [2.05, 4.69) is 29.4 Å². The molecular formula is C34H45B2ClN6O10S2. The summed E-state index contributed by atoms with van der Waals surface area (Å²) in [5.74, 6) is 5.34. The number of H-pyrrole nitrogens is 2. The molecule has 0 bridgehead atoms. The molecule has 2 aliphatic carbocycles. The lowest BCUT2D eigenvalue weighted by Crippen LogP contribution is -2.46. The maximum absolute atomic E-state index is 12.1. The first-order chi connectivity index (χ1) is 26.2. The smallest absolute Gasteiger partial charge is 0.531 e. The molecule has 4 aromatic rings. The second kappa shape index (κ2) is 17.8. The molecule has 2 saturated carbocycles. The SMILES string of the molecule is COCCCS(=O)(=O)Cl.COCCCS(=O)(=O)NC1CC(C2=CB(O)Oc3cnc4[nH]ccc4c32)C1.NC1CC(C2=CB(O)Oc3cnc4[nH]ccc4c32)C1. The fraction of sp³-hybridized carbons (Fsp3) is 0.471. The quantitative estimate of drug-likeness (QED) is 0.0686. The van der Waals surface area contributed by atoms with Gasteiger partial charge >= 0.3 is 14.2 Å². The number of methoxy groups -OCH3 is 2. The topological polar surface area (TPSA) is 241 Å². The lowest BCUT2D eigenvalue weighted by atomic mass is 9.68. The number of halogens is 1. The minimum atomic E-state index is -3.30. The molecule has 4 aromatic heterocycles. The van der Waals surface area contributed by atoms with Crippen molar-refractivity contribution in [2.24, 2.45) is 17.6 Å². The number of hydrogen-bond acceptors (Lipinski definition) is 13. The molecule has 21 heteroatoms. The Bertz CT molecular complexity index is 2240. The second-order valence-electron chi connectivity index (χ2n) is 13.9. The lowest BCUT2D eigenvalue weighted by Gasteiger charge is -2.39. The molecule has 296 valence electrons. The molecule has 8 rings (SSSR count). The van der Waals surface area contributed by atoms with E-state index in [1.807, 2.05) is 24.5 Å². The van der Waals surface area contributed by atoms with Crippen molar-refractivity contribution in [2.45, 2.75) is 50.6 Å². The fourth-order valence-electron chi connectivity index (χ4n) is 7.20. The molecule has 0 aromatic carbocycles. The van der Waals surface area contributed by atoms with E-state index >= 15 is 0 Å². The highest BCUT2D eigenvalue weighted by molar-refractivity contribution is 8.13. The fourth-order valence-corrected chi connectivity index (χ4v) is 9.31. The van der Waals surface area contributed by atoms with E-state index in [4.69, 9.17) is 30.5 Å². The predicted molar refractivity (Wildman–Crippen MR) is 212 cm³/mol. The van der Waals surface area contributed by atoms with Gasteiger partial charge < -0.3 is 44.5 Å². The van der Waals surface area contributed by atoms with Crippen LogP contribution >= 0.6 is 10.7 Å².